The summed E-state index contributed by atoms with van der Waals surface area (Å²) in [7, 11) is 0. The Hall–Kier alpha value is -1.66. The fourth-order valence-electron chi connectivity index (χ4n) is 1.05. The first-order chi connectivity index (χ1) is 6.93. The lowest BCUT2D eigenvalue weighted by Crippen LogP contribution is -2.27. The summed E-state index contributed by atoms with van der Waals surface area (Å²) in [5, 5.41) is 27.0. The van der Waals surface area contributed by atoms with Crippen LogP contribution in [0.5, 0.6) is 0 Å². The van der Waals surface area contributed by atoms with Gasteiger partial charge in [-0.15, -0.1) is 0 Å². The average molecular weight is 212 g/mol. The van der Waals surface area contributed by atoms with E-state index < -0.39 is 18.2 Å². The Labute approximate surface area is 86.0 Å². The van der Waals surface area contributed by atoms with Gasteiger partial charge in [0.05, 0.1) is 11.4 Å². The van der Waals surface area contributed by atoms with E-state index in [1.807, 2.05) is 0 Å². The van der Waals surface area contributed by atoms with Gasteiger partial charge in [-0.25, -0.2) is 4.79 Å². The van der Waals surface area contributed by atoms with Gasteiger partial charge in [0, 0.05) is 11.8 Å². The molecule has 5 N–H and O–H groups in total. The predicted molar refractivity (Wildman–Crippen MR) is 52.0 cm³/mol. The number of nitrogens with zero attached hydrogens (tertiary/aromatic N) is 1. The number of aliphatic hydroxyl groups is 2. The molecule has 0 spiro atoms. The first-order valence-electron chi connectivity index (χ1n) is 4.24. The van der Waals surface area contributed by atoms with Crippen molar-refractivity contribution >= 4 is 11.7 Å². The summed E-state index contributed by atoms with van der Waals surface area (Å²) in [5.41, 5.74) is 6.62. The molecule has 82 valence electrons. The third-order valence-electron chi connectivity index (χ3n) is 2.04. The molecule has 0 fully saturated rings. The van der Waals surface area contributed by atoms with Crippen LogP contribution in [0.15, 0.2) is 12.3 Å². The molecule has 1 heterocycles. The molecule has 0 bridgehead atoms. The maximum absolute atomic E-state index is 10.4. The van der Waals surface area contributed by atoms with Gasteiger partial charge in [-0.3, -0.25) is 4.98 Å². The Balaban J connectivity index is 2.96. The van der Waals surface area contributed by atoms with Crippen molar-refractivity contribution in [2.75, 3.05) is 5.73 Å². The number of nitrogen functional groups attached to an aromatic ring is 1. The van der Waals surface area contributed by atoms with Crippen molar-refractivity contribution in [2.45, 2.75) is 19.1 Å². The van der Waals surface area contributed by atoms with E-state index in [2.05, 4.69) is 4.98 Å². The summed E-state index contributed by atoms with van der Waals surface area (Å²) in [5.74, 6) is -1.50. The van der Waals surface area contributed by atoms with E-state index in [0.717, 1.165) is 0 Å². The van der Waals surface area contributed by atoms with Crippen LogP contribution in [0.3, 0.4) is 0 Å². The number of aryl methyl sites for hydroxylation is 1. The van der Waals surface area contributed by atoms with E-state index in [9.17, 15) is 9.90 Å². The molecule has 6 heteroatoms. The Morgan fingerprint density at radius 1 is 1.53 bits per heavy atom. The second kappa shape index (κ2) is 4.24. The quantitative estimate of drug-likeness (QED) is 0.534. The molecule has 0 radical (unpaired) electrons. The van der Waals surface area contributed by atoms with Gasteiger partial charge in [0.2, 0.25) is 0 Å². The minimum Gasteiger partial charge on any atom is -0.479 e. The van der Waals surface area contributed by atoms with Gasteiger partial charge in [-0.05, 0) is 13.0 Å². The third-order valence-corrected chi connectivity index (χ3v) is 2.04. The lowest BCUT2D eigenvalue weighted by Gasteiger charge is -2.14. The molecule has 0 aliphatic carbocycles. The van der Waals surface area contributed by atoms with Gasteiger partial charge in [-0.2, -0.15) is 0 Å². The summed E-state index contributed by atoms with van der Waals surface area (Å²) in [4.78, 5) is 14.3. The average Bonchev–Trinajstić information content (AvgIpc) is 2.19. The van der Waals surface area contributed by atoms with Crippen LogP contribution in [0, 0.1) is 6.92 Å². The lowest BCUT2D eigenvalue weighted by molar-refractivity contribution is -0.153. The van der Waals surface area contributed by atoms with Crippen molar-refractivity contribution in [1.82, 2.24) is 4.98 Å². The number of aliphatic hydroxyl groups excluding tert-OH is 2. The monoisotopic (exact) mass is 212 g/mol. The zero-order chi connectivity index (χ0) is 11.6. The Bertz CT molecular complexity index is 380. The van der Waals surface area contributed by atoms with E-state index in [0.29, 0.717) is 11.4 Å². The minimum absolute atomic E-state index is 0.174. The number of aromatic nitrogens is 1. The van der Waals surface area contributed by atoms with E-state index in [4.69, 9.17) is 15.9 Å². The standard InChI is InChI=1S/C9H12N2O4/c1-4-6(10)2-5(3-11-4)7(12)8(13)9(14)15/h2-3,7-8,12-13H,10H2,1H3,(H,14,15). The fraction of sp³-hybridized carbons (Fsp3) is 0.333. The largest absolute Gasteiger partial charge is 0.479 e. The predicted octanol–water partition coefficient (Wildman–Crippen LogP) is -0.549. The second-order valence-electron chi connectivity index (χ2n) is 3.17. The Kier molecular flexibility index (Phi) is 3.23. The molecule has 0 aromatic carbocycles. The van der Waals surface area contributed by atoms with Crippen molar-refractivity contribution in [3.8, 4) is 0 Å². The van der Waals surface area contributed by atoms with Crippen LogP contribution in [-0.2, 0) is 4.79 Å². The zero-order valence-corrected chi connectivity index (χ0v) is 8.08. The van der Waals surface area contributed by atoms with Crippen molar-refractivity contribution in [1.29, 1.82) is 0 Å². The van der Waals surface area contributed by atoms with Crippen LogP contribution < -0.4 is 5.73 Å². The molecular formula is C9H12N2O4. The van der Waals surface area contributed by atoms with Gasteiger partial charge in [0.25, 0.3) is 0 Å². The fourth-order valence-corrected chi connectivity index (χ4v) is 1.05. The van der Waals surface area contributed by atoms with Crippen molar-refractivity contribution in [2.24, 2.45) is 0 Å². The number of hydrogen-bond acceptors (Lipinski definition) is 5. The van der Waals surface area contributed by atoms with Crippen molar-refractivity contribution in [3.05, 3.63) is 23.5 Å². The van der Waals surface area contributed by atoms with Crippen LogP contribution in [0.4, 0.5) is 5.69 Å². The Morgan fingerprint density at radius 2 is 2.13 bits per heavy atom. The summed E-state index contributed by atoms with van der Waals surface area (Å²) < 4.78 is 0. The number of carboxylic acids is 1. The van der Waals surface area contributed by atoms with Crippen LogP contribution in [0.1, 0.15) is 17.4 Å². The summed E-state index contributed by atoms with van der Waals surface area (Å²) >= 11 is 0. The molecule has 15 heavy (non-hydrogen) atoms. The highest BCUT2D eigenvalue weighted by atomic mass is 16.4. The maximum Gasteiger partial charge on any atom is 0.335 e. The molecule has 0 saturated heterocycles. The first-order valence-corrected chi connectivity index (χ1v) is 4.24. The van der Waals surface area contributed by atoms with Gasteiger partial charge >= 0.3 is 5.97 Å². The van der Waals surface area contributed by atoms with Crippen LogP contribution in [0.25, 0.3) is 0 Å². The highest BCUT2D eigenvalue weighted by Gasteiger charge is 2.25. The number of nitrogens with two attached hydrogens (primary N) is 1. The van der Waals surface area contributed by atoms with Crippen LogP contribution in [-0.4, -0.2) is 32.4 Å². The smallest absolute Gasteiger partial charge is 0.335 e. The molecule has 1 rings (SSSR count). The number of carboxylic acid groups (broad SMARTS) is 1. The van der Waals surface area contributed by atoms with Gasteiger partial charge < -0.3 is 21.1 Å². The second-order valence-corrected chi connectivity index (χ2v) is 3.17. The van der Waals surface area contributed by atoms with Crippen molar-refractivity contribution in [3.63, 3.8) is 0 Å². The molecule has 2 atom stereocenters. The number of rotatable bonds is 3. The topological polar surface area (TPSA) is 117 Å². The van der Waals surface area contributed by atoms with E-state index in [1.54, 1.807) is 6.92 Å². The SMILES string of the molecule is Cc1ncc(C(O)C(O)C(=O)O)cc1N. The lowest BCUT2D eigenvalue weighted by atomic mass is 10.1. The summed E-state index contributed by atoms with van der Waals surface area (Å²) in [6, 6.07) is 1.39. The molecule has 0 aliphatic heterocycles. The molecule has 0 saturated carbocycles. The zero-order valence-electron chi connectivity index (χ0n) is 8.08. The number of aliphatic carboxylic acids is 1. The summed E-state index contributed by atoms with van der Waals surface area (Å²) in [6.07, 6.45) is -2.13. The molecular weight excluding hydrogens is 200 g/mol. The van der Waals surface area contributed by atoms with Gasteiger partial charge in [0.15, 0.2) is 6.10 Å². The van der Waals surface area contributed by atoms with E-state index in [-0.39, 0.29) is 5.56 Å². The molecule has 1 aromatic heterocycles. The normalized spacial score (nSPS) is 14.6. The minimum atomic E-state index is -1.88. The highest BCUT2D eigenvalue weighted by Crippen LogP contribution is 2.19. The first kappa shape index (κ1) is 11.4. The summed E-state index contributed by atoms with van der Waals surface area (Å²) in [6.45, 7) is 1.68. The van der Waals surface area contributed by atoms with Crippen LogP contribution in [0.2, 0.25) is 0 Å². The molecule has 2 unspecified atom stereocenters. The van der Waals surface area contributed by atoms with E-state index >= 15 is 0 Å². The molecule has 6 nitrogen and oxygen atoms in total. The number of pyridine rings is 1. The highest BCUT2D eigenvalue weighted by molar-refractivity contribution is 5.73. The number of anilines is 1. The Morgan fingerprint density at radius 3 is 2.60 bits per heavy atom. The molecule has 0 amide bonds. The molecule has 1 aromatic rings. The number of hydrogen-bond donors (Lipinski definition) is 4. The molecule has 0 aliphatic rings. The van der Waals surface area contributed by atoms with E-state index in [1.165, 1.54) is 12.3 Å². The van der Waals surface area contributed by atoms with Crippen LogP contribution >= 0.6 is 0 Å². The number of carbonyl (C=O) groups is 1. The van der Waals surface area contributed by atoms with Crippen molar-refractivity contribution < 1.29 is 20.1 Å². The van der Waals surface area contributed by atoms with Gasteiger partial charge in [-0.1, -0.05) is 0 Å². The van der Waals surface area contributed by atoms with Gasteiger partial charge in [0.1, 0.15) is 6.10 Å². The third kappa shape index (κ3) is 2.42. The maximum atomic E-state index is 10.4.